The molecule has 2 fully saturated rings. The van der Waals surface area contributed by atoms with Crippen LogP contribution >= 0.6 is 0 Å². The summed E-state index contributed by atoms with van der Waals surface area (Å²) in [6.45, 7) is 4.18. The minimum Gasteiger partial charge on any atom is -0.465 e. The number of likely N-dealkylation sites (tertiary alicyclic amines) is 1. The predicted molar refractivity (Wildman–Crippen MR) is 151 cm³/mol. The van der Waals surface area contributed by atoms with Crippen molar-refractivity contribution in [1.29, 1.82) is 5.26 Å². The van der Waals surface area contributed by atoms with E-state index in [1.165, 1.54) is 4.90 Å². The first-order valence-electron chi connectivity index (χ1n) is 13.9. The Balaban J connectivity index is 1.33. The number of carbonyl (C=O) groups is 1. The van der Waals surface area contributed by atoms with Crippen molar-refractivity contribution in [2.24, 2.45) is 0 Å². The van der Waals surface area contributed by atoms with E-state index in [0.29, 0.717) is 44.8 Å². The molecule has 2 aromatic heterocycles. The molecule has 2 atom stereocenters. The predicted octanol–water partition coefficient (Wildman–Crippen LogP) is 3.14. The minimum absolute atomic E-state index is 0.134. The maximum absolute atomic E-state index is 11.8. The summed E-state index contributed by atoms with van der Waals surface area (Å²) >= 11 is 0. The monoisotopic (exact) mass is 542 g/mol. The number of nitriles is 1. The van der Waals surface area contributed by atoms with Crippen LogP contribution in [0.25, 0.3) is 10.9 Å². The number of para-hydroxylation sites is 1. The van der Waals surface area contributed by atoms with E-state index in [0.717, 1.165) is 66.0 Å². The van der Waals surface area contributed by atoms with Crippen molar-refractivity contribution in [2.75, 3.05) is 56.2 Å². The molecule has 11 heteroatoms. The van der Waals surface area contributed by atoms with Crippen LogP contribution in [0, 0.1) is 11.3 Å². The largest absolute Gasteiger partial charge is 0.465 e. The fourth-order valence-corrected chi connectivity index (χ4v) is 6.20. The van der Waals surface area contributed by atoms with E-state index in [1.54, 1.807) is 0 Å². The first-order valence-corrected chi connectivity index (χ1v) is 13.9. The highest BCUT2D eigenvalue weighted by molar-refractivity contribution is 5.90. The number of hydrogen-bond donors (Lipinski definition) is 1. The highest BCUT2D eigenvalue weighted by Crippen LogP contribution is 2.34. The zero-order chi connectivity index (χ0) is 27.6. The molecule has 1 N–H and O–H groups in total. The molecule has 11 nitrogen and oxygen atoms in total. The number of hydrogen-bond acceptors (Lipinski definition) is 9. The second-order valence-corrected chi connectivity index (χ2v) is 10.8. The molecule has 3 aromatic rings. The number of nitrogens with zero attached hydrogens (tertiary/aromatic N) is 8. The number of fused-ring (bicyclic) bond motifs is 2. The van der Waals surface area contributed by atoms with E-state index in [1.807, 2.05) is 12.3 Å². The molecule has 0 radical (unpaired) electrons. The topological polar surface area (TPSA) is 122 Å². The third kappa shape index (κ3) is 5.07. The molecule has 0 spiro atoms. The van der Waals surface area contributed by atoms with Gasteiger partial charge in [-0.1, -0.05) is 18.2 Å². The van der Waals surface area contributed by atoms with E-state index < -0.39 is 12.1 Å². The fraction of sp³-hybridized carbons (Fsp3) is 0.483. The molecule has 6 rings (SSSR count). The first-order chi connectivity index (χ1) is 19.5. The Kier molecular flexibility index (Phi) is 7.26. The zero-order valence-corrected chi connectivity index (χ0v) is 22.7. The second-order valence-electron chi connectivity index (χ2n) is 10.8. The summed E-state index contributed by atoms with van der Waals surface area (Å²) in [5.41, 5.74) is 4.02. The van der Waals surface area contributed by atoms with Crippen molar-refractivity contribution in [2.45, 2.75) is 44.3 Å². The quantitative estimate of drug-likeness (QED) is 0.497. The molecular formula is C29H34N8O3. The summed E-state index contributed by atoms with van der Waals surface area (Å²) in [7, 11) is 2.12. The summed E-state index contributed by atoms with van der Waals surface area (Å²) in [6.07, 6.45) is 3.95. The summed E-state index contributed by atoms with van der Waals surface area (Å²) in [5, 5.41) is 20.1. The molecule has 0 aliphatic carbocycles. The lowest BCUT2D eigenvalue weighted by Crippen LogP contribution is -2.55. The third-order valence-corrected chi connectivity index (χ3v) is 8.41. The average molecular weight is 543 g/mol. The molecule has 1 aromatic carbocycles. The maximum atomic E-state index is 11.8. The van der Waals surface area contributed by atoms with Crippen molar-refractivity contribution < 1.29 is 14.6 Å². The number of ether oxygens (including phenoxy) is 1. The van der Waals surface area contributed by atoms with Gasteiger partial charge in [-0.15, -0.1) is 0 Å². The minimum atomic E-state index is -0.992. The molecule has 1 amide bonds. The van der Waals surface area contributed by atoms with Gasteiger partial charge in [-0.3, -0.25) is 4.98 Å². The molecule has 0 bridgehead atoms. The molecule has 5 heterocycles. The number of pyridine rings is 1. The lowest BCUT2D eigenvalue weighted by atomic mass is 10.0. The van der Waals surface area contributed by atoms with E-state index >= 15 is 0 Å². The number of benzene rings is 1. The van der Waals surface area contributed by atoms with Gasteiger partial charge in [0.15, 0.2) is 0 Å². The Morgan fingerprint density at radius 2 is 2.00 bits per heavy atom. The van der Waals surface area contributed by atoms with Gasteiger partial charge in [-0.05, 0) is 45.0 Å². The van der Waals surface area contributed by atoms with Crippen molar-refractivity contribution in [3.05, 3.63) is 47.8 Å². The van der Waals surface area contributed by atoms with Crippen molar-refractivity contribution in [3.8, 4) is 12.1 Å². The Bertz CT molecular complexity index is 1440. The van der Waals surface area contributed by atoms with Gasteiger partial charge in [0, 0.05) is 49.4 Å². The van der Waals surface area contributed by atoms with E-state index in [9.17, 15) is 15.2 Å². The Labute approximate surface area is 233 Å². The van der Waals surface area contributed by atoms with Crippen LogP contribution in [0.2, 0.25) is 0 Å². The van der Waals surface area contributed by atoms with Gasteiger partial charge < -0.3 is 29.4 Å². The van der Waals surface area contributed by atoms with Gasteiger partial charge in [0.05, 0.1) is 42.0 Å². The highest BCUT2D eigenvalue weighted by Gasteiger charge is 2.34. The fourth-order valence-electron chi connectivity index (χ4n) is 6.20. The van der Waals surface area contributed by atoms with Crippen LogP contribution in [0.15, 0.2) is 36.5 Å². The smallest absolute Gasteiger partial charge is 0.407 e. The maximum Gasteiger partial charge on any atom is 0.407 e. The van der Waals surface area contributed by atoms with Crippen LogP contribution in [0.4, 0.5) is 16.3 Å². The SMILES string of the molecule is CN1CCCC1COc1nc2c(c(N3CCN(C(=O)O)C(CC#N)C3)n1)CCN(c1cccc3cccnc13)C2. The summed E-state index contributed by atoms with van der Waals surface area (Å²) in [5.74, 6) is 0.795. The number of piperazine rings is 1. The molecular weight excluding hydrogens is 508 g/mol. The van der Waals surface area contributed by atoms with Gasteiger partial charge in [0.25, 0.3) is 0 Å². The molecule has 3 aliphatic rings. The molecule has 0 saturated carbocycles. The first kappa shape index (κ1) is 26.1. The lowest BCUT2D eigenvalue weighted by Gasteiger charge is -2.41. The van der Waals surface area contributed by atoms with Crippen LogP contribution in [0.3, 0.4) is 0 Å². The number of rotatable bonds is 6. The Morgan fingerprint density at radius 3 is 2.80 bits per heavy atom. The van der Waals surface area contributed by atoms with E-state index in [2.05, 4.69) is 57.1 Å². The summed E-state index contributed by atoms with van der Waals surface area (Å²) < 4.78 is 6.22. The van der Waals surface area contributed by atoms with Gasteiger partial charge in [-0.2, -0.15) is 15.2 Å². The number of carboxylic acid groups (broad SMARTS) is 1. The van der Waals surface area contributed by atoms with Gasteiger partial charge in [-0.25, -0.2) is 4.79 Å². The molecule has 3 aliphatic heterocycles. The van der Waals surface area contributed by atoms with Gasteiger partial charge in [0.2, 0.25) is 0 Å². The number of anilines is 2. The van der Waals surface area contributed by atoms with E-state index in [-0.39, 0.29) is 6.42 Å². The number of amides is 1. The van der Waals surface area contributed by atoms with Crippen LogP contribution < -0.4 is 14.5 Å². The van der Waals surface area contributed by atoms with Crippen molar-refractivity contribution >= 4 is 28.5 Å². The third-order valence-electron chi connectivity index (χ3n) is 8.41. The summed E-state index contributed by atoms with van der Waals surface area (Å²) in [6, 6.07) is 12.7. The number of likely N-dealkylation sites (N-methyl/N-ethyl adjacent to an activating group) is 1. The van der Waals surface area contributed by atoms with Crippen LogP contribution in [0.1, 0.15) is 30.5 Å². The standard InChI is InChI=1S/C29H34N8O3/c1-34-13-4-7-22(34)19-40-28-32-24-18-35(25-8-2-5-20-6-3-12-31-26(20)25)14-10-23(24)27(33-28)36-15-16-37(29(38)39)21(17-36)9-11-30/h2-3,5-6,8,12,21-22H,4,7,9-10,13-19H2,1H3,(H,38,39). The van der Waals surface area contributed by atoms with Gasteiger partial charge in [0.1, 0.15) is 12.4 Å². The highest BCUT2D eigenvalue weighted by atomic mass is 16.5. The Morgan fingerprint density at radius 1 is 1.12 bits per heavy atom. The molecule has 2 unspecified atom stereocenters. The molecule has 208 valence electrons. The van der Waals surface area contributed by atoms with Crippen LogP contribution in [0.5, 0.6) is 6.01 Å². The Hall–Kier alpha value is -4.17. The van der Waals surface area contributed by atoms with Gasteiger partial charge >= 0.3 is 12.1 Å². The number of aromatic nitrogens is 3. The second kappa shape index (κ2) is 11.1. The summed E-state index contributed by atoms with van der Waals surface area (Å²) in [4.78, 5) is 34.4. The molecule has 40 heavy (non-hydrogen) atoms. The molecule has 2 saturated heterocycles. The van der Waals surface area contributed by atoms with Crippen molar-refractivity contribution in [1.82, 2.24) is 24.8 Å². The van der Waals surface area contributed by atoms with Crippen LogP contribution in [-0.4, -0.2) is 94.4 Å². The van der Waals surface area contributed by atoms with E-state index in [4.69, 9.17) is 14.7 Å². The lowest BCUT2D eigenvalue weighted by molar-refractivity contribution is 0.119. The van der Waals surface area contributed by atoms with Crippen LogP contribution in [-0.2, 0) is 13.0 Å². The zero-order valence-electron chi connectivity index (χ0n) is 22.7. The van der Waals surface area contributed by atoms with Crippen molar-refractivity contribution in [3.63, 3.8) is 0 Å². The normalized spacial score (nSPS) is 21.4. The average Bonchev–Trinajstić information content (AvgIpc) is 3.39.